The van der Waals surface area contributed by atoms with E-state index in [0.29, 0.717) is 22.6 Å². The minimum absolute atomic E-state index is 0.506. The lowest BCUT2D eigenvalue weighted by Crippen LogP contribution is -1.96. The molecule has 116 valence electrons. The maximum atomic E-state index is 9.71. The summed E-state index contributed by atoms with van der Waals surface area (Å²) in [5, 5.41) is 11.3. The molecule has 24 heavy (non-hydrogen) atoms. The first-order valence-corrected chi connectivity index (χ1v) is 7.59. The third-order valence-electron chi connectivity index (χ3n) is 4.28. The molecule has 0 aliphatic heterocycles. The second-order valence-electron chi connectivity index (χ2n) is 5.55. The highest BCUT2D eigenvalue weighted by Crippen LogP contribution is 2.45. The lowest BCUT2D eigenvalue weighted by Gasteiger charge is -2.14. The molecule has 0 radical (unpaired) electrons. The molecule has 0 atom stereocenters. The fourth-order valence-corrected chi connectivity index (χ4v) is 3.22. The van der Waals surface area contributed by atoms with Crippen molar-refractivity contribution in [3.8, 4) is 22.9 Å². The molecule has 4 heteroatoms. The Balaban J connectivity index is 2.27. The number of rotatable bonds is 2. The molecular formula is C20H14N2O2. The number of methoxy groups -OCH3 is 1. The van der Waals surface area contributed by atoms with Crippen molar-refractivity contribution in [2.45, 2.75) is 6.92 Å². The second kappa shape index (κ2) is 5.39. The van der Waals surface area contributed by atoms with Gasteiger partial charge >= 0.3 is 0 Å². The topological polar surface area (TPSA) is 59.0 Å². The maximum Gasteiger partial charge on any atom is 0.227 e. The Labute approximate surface area is 138 Å². The molecule has 0 aliphatic carbocycles. The zero-order valence-corrected chi connectivity index (χ0v) is 13.3. The van der Waals surface area contributed by atoms with Gasteiger partial charge in [-0.25, -0.2) is 4.98 Å². The molecule has 0 amide bonds. The van der Waals surface area contributed by atoms with Crippen molar-refractivity contribution in [1.29, 1.82) is 5.26 Å². The largest absolute Gasteiger partial charge is 0.495 e. The van der Waals surface area contributed by atoms with Crippen LogP contribution < -0.4 is 4.74 Å². The highest BCUT2D eigenvalue weighted by molar-refractivity contribution is 6.12. The molecule has 4 rings (SSSR count). The average molecular weight is 314 g/mol. The Hall–Kier alpha value is -3.32. The van der Waals surface area contributed by atoms with Gasteiger partial charge in [-0.15, -0.1) is 0 Å². The molecule has 0 saturated heterocycles. The van der Waals surface area contributed by atoms with Gasteiger partial charge in [0.1, 0.15) is 11.8 Å². The normalized spacial score (nSPS) is 10.9. The van der Waals surface area contributed by atoms with Crippen molar-refractivity contribution in [2.75, 3.05) is 7.11 Å². The molecular weight excluding hydrogens is 300 g/mol. The van der Waals surface area contributed by atoms with Crippen molar-refractivity contribution in [3.63, 3.8) is 0 Å². The highest BCUT2D eigenvalue weighted by Gasteiger charge is 2.24. The van der Waals surface area contributed by atoms with Gasteiger partial charge < -0.3 is 9.15 Å². The van der Waals surface area contributed by atoms with Gasteiger partial charge in [0, 0.05) is 11.8 Å². The zero-order chi connectivity index (χ0) is 16.7. The van der Waals surface area contributed by atoms with Crippen LogP contribution in [-0.2, 0) is 0 Å². The van der Waals surface area contributed by atoms with Gasteiger partial charge in [0.2, 0.25) is 5.71 Å². The average Bonchev–Trinajstić information content (AvgIpc) is 3.00. The predicted molar refractivity (Wildman–Crippen MR) is 93.0 cm³/mol. The van der Waals surface area contributed by atoms with E-state index in [9.17, 15) is 5.26 Å². The Morgan fingerprint density at radius 3 is 2.62 bits per heavy atom. The number of nitrogens with zero attached hydrogens (tertiary/aromatic N) is 2. The molecule has 2 aromatic heterocycles. The van der Waals surface area contributed by atoms with Crippen molar-refractivity contribution in [1.82, 2.24) is 4.98 Å². The Morgan fingerprint density at radius 1 is 1.12 bits per heavy atom. The number of nitriles is 1. The molecule has 2 aromatic carbocycles. The van der Waals surface area contributed by atoms with E-state index in [0.717, 1.165) is 27.5 Å². The first kappa shape index (κ1) is 14.3. The van der Waals surface area contributed by atoms with Gasteiger partial charge in [0.05, 0.1) is 23.4 Å². The minimum Gasteiger partial charge on any atom is -0.495 e. The molecule has 0 saturated carbocycles. The maximum absolute atomic E-state index is 9.71. The number of pyridine rings is 1. The van der Waals surface area contributed by atoms with Crippen LogP contribution in [0.15, 0.2) is 53.1 Å². The van der Waals surface area contributed by atoms with Crippen LogP contribution in [0.1, 0.15) is 11.1 Å². The van der Waals surface area contributed by atoms with Crippen LogP contribution in [0.5, 0.6) is 5.75 Å². The molecule has 0 N–H and O–H groups in total. The van der Waals surface area contributed by atoms with E-state index in [-0.39, 0.29) is 0 Å². The summed E-state index contributed by atoms with van der Waals surface area (Å²) in [4.78, 5) is 4.27. The summed E-state index contributed by atoms with van der Waals surface area (Å²) in [6, 6.07) is 16.0. The number of fused-ring (bicyclic) bond motifs is 3. The molecule has 0 unspecified atom stereocenters. The second-order valence-corrected chi connectivity index (χ2v) is 5.55. The number of aromatic nitrogens is 1. The van der Waals surface area contributed by atoms with Crippen LogP contribution in [0, 0.1) is 18.3 Å². The quantitative estimate of drug-likeness (QED) is 0.531. The number of benzene rings is 2. The summed E-state index contributed by atoms with van der Waals surface area (Å²) in [6.07, 6.45) is 1.67. The summed E-state index contributed by atoms with van der Waals surface area (Å²) in [5.41, 5.74) is 4.30. The Kier molecular flexibility index (Phi) is 3.21. The first-order chi connectivity index (χ1) is 11.8. The van der Waals surface area contributed by atoms with E-state index in [4.69, 9.17) is 9.15 Å². The van der Waals surface area contributed by atoms with E-state index in [1.165, 1.54) is 0 Å². The van der Waals surface area contributed by atoms with Gasteiger partial charge in [-0.3, -0.25) is 0 Å². The molecule has 0 aliphatic rings. The number of hydrogen-bond acceptors (Lipinski definition) is 4. The molecule has 4 nitrogen and oxygen atoms in total. The summed E-state index contributed by atoms with van der Waals surface area (Å²) >= 11 is 0. The highest BCUT2D eigenvalue weighted by atomic mass is 16.5. The van der Waals surface area contributed by atoms with Gasteiger partial charge in [0.15, 0.2) is 5.58 Å². The van der Waals surface area contributed by atoms with Gasteiger partial charge in [0.25, 0.3) is 0 Å². The molecule has 2 heterocycles. The van der Waals surface area contributed by atoms with Gasteiger partial charge in [-0.05, 0) is 30.2 Å². The van der Waals surface area contributed by atoms with Gasteiger partial charge in [-0.2, -0.15) is 5.26 Å². The van der Waals surface area contributed by atoms with Crippen LogP contribution in [0.4, 0.5) is 0 Å². The van der Waals surface area contributed by atoms with Crippen molar-refractivity contribution in [2.24, 2.45) is 0 Å². The number of ether oxygens (including phenoxy) is 1. The number of hydrogen-bond donors (Lipinski definition) is 0. The van der Waals surface area contributed by atoms with E-state index < -0.39 is 0 Å². The lowest BCUT2D eigenvalue weighted by atomic mass is 9.92. The third kappa shape index (κ3) is 1.88. The summed E-state index contributed by atoms with van der Waals surface area (Å²) in [5.74, 6) is 0.708. The SMILES string of the molecule is COc1c(-c2ccccc2)c(C)c(C#N)c2oc3ncccc3c12. The molecule has 0 fully saturated rings. The van der Waals surface area contributed by atoms with Crippen LogP contribution in [0.3, 0.4) is 0 Å². The summed E-state index contributed by atoms with van der Waals surface area (Å²) in [6.45, 7) is 1.92. The third-order valence-corrected chi connectivity index (χ3v) is 4.28. The van der Waals surface area contributed by atoms with Crippen LogP contribution in [-0.4, -0.2) is 12.1 Å². The van der Waals surface area contributed by atoms with Crippen molar-refractivity contribution in [3.05, 3.63) is 59.8 Å². The smallest absolute Gasteiger partial charge is 0.227 e. The zero-order valence-electron chi connectivity index (χ0n) is 13.3. The van der Waals surface area contributed by atoms with E-state index >= 15 is 0 Å². The van der Waals surface area contributed by atoms with Crippen molar-refractivity contribution >= 4 is 22.1 Å². The molecule has 0 spiro atoms. The summed E-state index contributed by atoms with van der Waals surface area (Å²) in [7, 11) is 1.64. The van der Waals surface area contributed by atoms with Crippen LogP contribution >= 0.6 is 0 Å². The lowest BCUT2D eigenvalue weighted by molar-refractivity contribution is 0.421. The van der Waals surface area contributed by atoms with E-state index in [2.05, 4.69) is 11.1 Å². The monoisotopic (exact) mass is 314 g/mol. The van der Waals surface area contributed by atoms with Crippen LogP contribution in [0.25, 0.3) is 33.2 Å². The minimum atomic E-state index is 0.506. The van der Waals surface area contributed by atoms with E-state index in [1.807, 2.05) is 49.4 Å². The molecule has 0 bridgehead atoms. The van der Waals surface area contributed by atoms with Gasteiger partial charge in [-0.1, -0.05) is 30.3 Å². The Bertz CT molecular complexity index is 1110. The standard InChI is InChI=1S/C20H14N2O2/c1-12-15(11-21)18-17(14-9-6-10-22-20(14)24-18)19(23-2)16(12)13-7-4-3-5-8-13/h3-10H,1-2H3. The summed E-state index contributed by atoms with van der Waals surface area (Å²) < 4.78 is 11.6. The first-order valence-electron chi connectivity index (χ1n) is 7.59. The van der Waals surface area contributed by atoms with Crippen LogP contribution in [0.2, 0.25) is 0 Å². The predicted octanol–water partition coefficient (Wildman–Crippen LogP) is 4.84. The fraction of sp³-hybridized carbons (Fsp3) is 0.100. The number of furan rings is 1. The fourth-order valence-electron chi connectivity index (χ4n) is 3.22. The van der Waals surface area contributed by atoms with Crippen molar-refractivity contribution < 1.29 is 9.15 Å². The molecule has 4 aromatic rings. The Morgan fingerprint density at radius 2 is 1.92 bits per heavy atom. The van der Waals surface area contributed by atoms with E-state index in [1.54, 1.807) is 13.3 Å².